The Balaban J connectivity index is 1.63. The van der Waals surface area contributed by atoms with E-state index in [2.05, 4.69) is 12.3 Å². The lowest BCUT2D eigenvalue weighted by Gasteiger charge is -2.16. The first-order valence-corrected chi connectivity index (χ1v) is 11.3. The van der Waals surface area contributed by atoms with Crippen molar-refractivity contribution in [1.29, 1.82) is 0 Å². The van der Waals surface area contributed by atoms with Crippen molar-refractivity contribution in [3.05, 3.63) is 50.7 Å². The molecule has 1 aromatic carbocycles. The first kappa shape index (κ1) is 18.7. The lowest BCUT2D eigenvalue weighted by Crippen LogP contribution is -2.28. The van der Waals surface area contributed by atoms with Gasteiger partial charge in [0, 0.05) is 17.7 Å². The molecule has 1 aliphatic rings. The molecule has 7 heteroatoms. The summed E-state index contributed by atoms with van der Waals surface area (Å²) in [4.78, 5) is 22.6. The van der Waals surface area contributed by atoms with Gasteiger partial charge in [-0.3, -0.25) is 9.36 Å². The second kappa shape index (κ2) is 8.54. The molecule has 2 aromatic heterocycles. The number of ether oxygens (including phenoxy) is 1. The second-order valence-corrected chi connectivity index (χ2v) is 8.62. The molecule has 142 valence electrons. The summed E-state index contributed by atoms with van der Waals surface area (Å²) in [5.74, 6) is 0.719. The fraction of sp³-hybridized carbons (Fsp3) is 0.450. The number of aryl methyl sites for hydroxylation is 1. The van der Waals surface area contributed by atoms with E-state index < -0.39 is 0 Å². The van der Waals surface area contributed by atoms with Gasteiger partial charge in [0.25, 0.3) is 5.56 Å². The fourth-order valence-corrected chi connectivity index (χ4v) is 5.20. The first-order chi connectivity index (χ1) is 13.2. The number of hydrogen-bond acceptors (Lipinski definition) is 6. The third-order valence-corrected chi connectivity index (χ3v) is 6.62. The average molecular weight is 402 g/mol. The Kier molecular flexibility index (Phi) is 5.90. The minimum Gasteiger partial charge on any atom is -0.376 e. The van der Waals surface area contributed by atoms with E-state index >= 15 is 0 Å². The van der Waals surface area contributed by atoms with Crippen molar-refractivity contribution in [2.45, 2.75) is 56.2 Å². The molecule has 0 N–H and O–H groups in total. The molecular formula is C20H23N3O2S2. The highest BCUT2D eigenvalue weighted by atomic mass is 32.2. The predicted molar refractivity (Wildman–Crippen MR) is 111 cm³/mol. The van der Waals surface area contributed by atoms with E-state index in [4.69, 9.17) is 14.7 Å². The van der Waals surface area contributed by atoms with E-state index in [-0.39, 0.29) is 11.7 Å². The predicted octanol–water partition coefficient (Wildman–Crippen LogP) is 4.28. The highest BCUT2D eigenvalue weighted by Crippen LogP contribution is 2.25. The summed E-state index contributed by atoms with van der Waals surface area (Å²) in [7, 11) is 0. The van der Waals surface area contributed by atoms with Crippen molar-refractivity contribution in [3.8, 4) is 0 Å². The van der Waals surface area contributed by atoms with Crippen LogP contribution in [0.5, 0.6) is 0 Å². The molecule has 0 bridgehead atoms. The lowest BCUT2D eigenvalue weighted by molar-refractivity contribution is 0.0937. The molecule has 0 amide bonds. The van der Waals surface area contributed by atoms with Crippen LogP contribution in [-0.4, -0.2) is 27.2 Å². The molecule has 1 aliphatic heterocycles. The second-order valence-electron chi connectivity index (χ2n) is 6.73. The van der Waals surface area contributed by atoms with Gasteiger partial charge in [-0.2, -0.15) is 0 Å². The molecule has 27 heavy (non-hydrogen) atoms. The van der Waals surface area contributed by atoms with Gasteiger partial charge in [0.2, 0.25) is 0 Å². The minimum absolute atomic E-state index is 0.0172. The van der Waals surface area contributed by atoms with Gasteiger partial charge in [-0.25, -0.2) is 9.97 Å². The van der Waals surface area contributed by atoms with Crippen molar-refractivity contribution in [2.75, 3.05) is 6.61 Å². The van der Waals surface area contributed by atoms with Crippen molar-refractivity contribution in [3.63, 3.8) is 0 Å². The molecule has 5 nitrogen and oxygen atoms in total. The number of nitrogens with zero attached hydrogens (tertiary/aromatic N) is 3. The summed E-state index contributed by atoms with van der Waals surface area (Å²) >= 11 is 3.30. The van der Waals surface area contributed by atoms with Gasteiger partial charge in [-0.1, -0.05) is 30.8 Å². The molecule has 1 saturated heterocycles. The van der Waals surface area contributed by atoms with E-state index in [0.29, 0.717) is 11.9 Å². The van der Waals surface area contributed by atoms with Gasteiger partial charge in [0.05, 0.1) is 34.3 Å². The van der Waals surface area contributed by atoms with Gasteiger partial charge in [-0.15, -0.1) is 11.3 Å². The van der Waals surface area contributed by atoms with Crippen LogP contribution in [0.1, 0.15) is 36.9 Å². The molecule has 3 aromatic rings. The van der Waals surface area contributed by atoms with Crippen LogP contribution in [0.15, 0.2) is 39.6 Å². The van der Waals surface area contributed by atoms with Crippen molar-refractivity contribution in [1.82, 2.24) is 14.5 Å². The van der Waals surface area contributed by atoms with E-state index in [9.17, 15) is 4.79 Å². The van der Waals surface area contributed by atoms with E-state index in [1.54, 1.807) is 27.7 Å². The van der Waals surface area contributed by atoms with Crippen LogP contribution in [0.4, 0.5) is 0 Å². The molecule has 3 heterocycles. The summed E-state index contributed by atoms with van der Waals surface area (Å²) in [5.41, 5.74) is 1.82. The first-order valence-electron chi connectivity index (χ1n) is 9.42. The lowest BCUT2D eigenvalue weighted by atomic mass is 10.2. The largest absolute Gasteiger partial charge is 0.376 e. The number of thioether (sulfide) groups is 1. The van der Waals surface area contributed by atoms with Crippen molar-refractivity contribution >= 4 is 34.0 Å². The topological polar surface area (TPSA) is 57.0 Å². The fourth-order valence-electron chi connectivity index (χ4n) is 3.29. The Morgan fingerprint density at radius 3 is 3.04 bits per heavy atom. The van der Waals surface area contributed by atoms with Crippen molar-refractivity contribution in [2.24, 2.45) is 0 Å². The Bertz CT molecular complexity index is 977. The number of thiazole rings is 1. The number of aromatic nitrogens is 3. The van der Waals surface area contributed by atoms with Gasteiger partial charge < -0.3 is 4.74 Å². The van der Waals surface area contributed by atoms with Crippen LogP contribution in [0.25, 0.3) is 10.9 Å². The van der Waals surface area contributed by atoms with Crippen LogP contribution in [-0.2, 0) is 23.5 Å². The normalized spacial score (nSPS) is 17.0. The standard InChI is InChI=1S/C20H23N3O2S2/c1-2-6-18-21-14(12-26-18)13-27-20-22-17-9-4-3-8-16(17)19(24)23(20)11-15-7-5-10-25-15/h3-4,8-9,12,15H,2,5-7,10-11,13H2,1H3. The quantitative estimate of drug-likeness (QED) is 0.437. The van der Waals surface area contributed by atoms with Crippen LogP contribution < -0.4 is 5.56 Å². The number of hydrogen-bond donors (Lipinski definition) is 0. The number of rotatable bonds is 7. The maximum absolute atomic E-state index is 13.1. The summed E-state index contributed by atoms with van der Waals surface area (Å²) < 4.78 is 7.56. The summed E-state index contributed by atoms with van der Waals surface area (Å²) in [5, 5.41) is 4.70. The molecule has 4 rings (SSSR count). The molecule has 0 spiro atoms. The van der Waals surface area contributed by atoms with Crippen molar-refractivity contribution < 1.29 is 4.74 Å². The SMILES string of the molecule is CCCc1nc(CSc2nc3ccccc3c(=O)n2CC2CCCO2)cs1. The summed E-state index contributed by atoms with van der Waals surface area (Å²) in [6.07, 6.45) is 4.28. The van der Waals surface area contributed by atoms with Crippen LogP contribution in [0, 0.1) is 0 Å². The van der Waals surface area contributed by atoms with Gasteiger partial charge >= 0.3 is 0 Å². The monoisotopic (exact) mass is 401 g/mol. The molecular weight excluding hydrogens is 378 g/mol. The number of para-hydroxylation sites is 1. The third kappa shape index (κ3) is 4.25. The highest BCUT2D eigenvalue weighted by molar-refractivity contribution is 7.98. The summed E-state index contributed by atoms with van der Waals surface area (Å²) in [6.45, 7) is 3.51. The van der Waals surface area contributed by atoms with Crippen LogP contribution in [0.2, 0.25) is 0 Å². The van der Waals surface area contributed by atoms with Gasteiger partial charge in [-0.05, 0) is 37.8 Å². The molecule has 0 saturated carbocycles. The minimum atomic E-state index is 0.0172. The average Bonchev–Trinajstić information content (AvgIpc) is 3.35. The zero-order valence-corrected chi connectivity index (χ0v) is 17.0. The van der Waals surface area contributed by atoms with Crippen LogP contribution >= 0.6 is 23.1 Å². The molecule has 1 unspecified atom stereocenters. The Labute approximate surface area is 166 Å². The van der Waals surface area contributed by atoms with E-state index in [0.717, 1.165) is 54.4 Å². The molecule has 0 radical (unpaired) electrons. The highest BCUT2D eigenvalue weighted by Gasteiger charge is 2.20. The molecule has 0 aliphatic carbocycles. The molecule has 1 fully saturated rings. The van der Waals surface area contributed by atoms with Gasteiger partial charge in [0.15, 0.2) is 5.16 Å². The van der Waals surface area contributed by atoms with Gasteiger partial charge in [0.1, 0.15) is 0 Å². The molecule has 1 atom stereocenters. The zero-order valence-electron chi connectivity index (χ0n) is 15.4. The zero-order chi connectivity index (χ0) is 18.6. The van der Waals surface area contributed by atoms with E-state index in [1.165, 1.54) is 5.01 Å². The summed E-state index contributed by atoms with van der Waals surface area (Å²) in [6, 6.07) is 7.56. The maximum Gasteiger partial charge on any atom is 0.262 e. The Morgan fingerprint density at radius 1 is 1.33 bits per heavy atom. The smallest absolute Gasteiger partial charge is 0.262 e. The van der Waals surface area contributed by atoms with E-state index in [1.807, 2.05) is 24.3 Å². The Hall–Kier alpha value is -1.70. The number of benzene rings is 1. The third-order valence-electron chi connectivity index (χ3n) is 4.65. The maximum atomic E-state index is 13.1. The number of fused-ring (bicyclic) bond motifs is 1. The Morgan fingerprint density at radius 2 is 2.22 bits per heavy atom. The van der Waals surface area contributed by atoms with Crippen LogP contribution in [0.3, 0.4) is 0 Å².